The van der Waals surface area contributed by atoms with Gasteiger partial charge in [-0.3, -0.25) is 9.69 Å². The molecule has 1 heterocycles. The van der Waals surface area contributed by atoms with Crippen LogP contribution in [-0.2, 0) is 4.74 Å². The fraction of sp³-hybridized carbons (Fsp3) is 0.357. The largest absolute Gasteiger partial charge is 0.508 e. The van der Waals surface area contributed by atoms with Crippen LogP contribution in [0, 0.1) is 0 Å². The van der Waals surface area contributed by atoms with Crippen molar-refractivity contribution in [1.82, 2.24) is 4.90 Å². The zero-order valence-corrected chi connectivity index (χ0v) is 11.9. The molecule has 1 N–H and O–H groups in total. The lowest BCUT2D eigenvalue weighted by molar-refractivity contribution is 0.0200. The third-order valence-corrected chi connectivity index (χ3v) is 4.66. The van der Waals surface area contributed by atoms with Gasteiger partial charge in [-0.25, -0.2) is 0 Å². The highest BCUT2D eigenvalue weighted by molar-refractivity contribution is 9.10. The quantitative estimate of drug-likeness (QED) is 0.636. The highest BCUT2D eigenvalue weighted by atomic mass is 79.9. The van der Waals surface area contributed by atoms with Gasteiger partial charge >= 0.3 is 0 Å². The second-order valence-electron chi connectivity index (χ2n) is 4.68. The number of ether oxygens (including phenoxy) is 1. The summed E-state index contributed by atoms with van der Waals surface area (Å²) >= 11 is 3.52. The van der Waals surface area contributed by atoms with Gasteiger partial charge in [0.2, 0.25) is 0 Å². The molecule has 1 aliphatic heterocycles. The summed E-state index contributed by atoms with van der Waals surface area (Å²) in [6.45, 7) is 2.50. The van der Waals surface area contributed by atoms with E-state index in [4.69, 9.17) is 4.74 Å². The van der Waals surface area contributed by atoms with E-state index < -0.39 is 4.45 Å². The van der Waals surface area contributed by atoms with E-state index in [-0.39, 0.29) is 11.5 Å². The monoisotopic (exact) mass is 323 g/mol. The molecular weight excluding hydrogens is 310 g/mol. The number of aliphatic hydroxyl groups excluding tert-OH is 1. The van der Waals surface area contributed by atoms with Gasteiger partial charge < -0.3 is 9.84 Å². The highest BCUT2D eigenvalue weighted by Gasteiger charge is 2.44. The summed E-state index contributed by atoms with van der Waals surface area (Å²) in [7, 11) is 0. The van der Waals surface area contributed by atoms with Gasteiger partial charge in [0.05, 0.1) is 13.2 Å². The molecule has 4 nitrogen and oxygen atoms in total. The summed E-state index contributed by atoms with van der Waals surface area (Å²) in [5.41, 5.74) is 1.14. The molecule has 0 amide bonds. The molecule has 0 spiro atoms. The molecule has 1 saturated heterocycles. The van der Waals surface area contributed by atoms with E-state index in [1.807, 2.05) is 17.0 Å². The van der Waals surface area contributed by atoms with Crippen molar-refractivity contribution >= 4 is 27.5 Å². The number of hydrogen-bond acceptors (Lipinski definition) is 4. The van der Waals surface area contributed by atoms with Crippen LogP contribution in [0.25, 0.3) is 5.76 Å². The van der Waals surface area contributed by atoms with E-state index in [0.717, 1.165) is 0 Å². The predicted molar refractivity (Wildman–Crippen MR) is 75.4 cm³/mol. The van der Waals surface area contributed by atoms with Gasteiger partial charge in [0, 0.05) is 24.2 Å². The summed E-state index contributed by atoms with van der Waals surface area (Å²) < 4.78 is 4.35. The van der Waals surface area contributed by atoms with Gasteiger partial charge in [-0.2, -0.15) is 0 Å². The second kappa shape index (κ2) is 4.74. The van der Waals surface area contributed by atoms with E-state index in [1.54, 1.807) is 18.2 Å². The van der Waals surface area contributed by atoms with Crippen molar-refractivity contribution in [3.8, 4) is 0 Å². The summed E-state index contributed by atoms with van der Waals surface area (Å²) in [5.74, 6) is 0.0985. The third kappa shape index (κ3) is 2.02. The number of carbonyl (C=O) groups excluding carboxylic acids is 1. The van der Waals surface area contributed by atoms with Gasteiger partial charge in [0.15, 0.2) is 10.2 Å². The Kier molecular flexibility index (Phi) is 3.20. The topological polar surface area (TPSA) is 49.8 Å². The molecule has 1 atom stereocenters. The first-order chi connectivity index (χ1) is 9.13. The predicted octanol–water partition coefficient (Wildman–Crippen LogP) is 2.21. The van der Waals surface area contributed by atoms with Crippen molar-refractivity contribution in [1.29, 1.82) is 0 Å². The Balaban J connectivity index is 2.05. The number of alkyl halides is 1. The standard InChI is InChI=1S/C14H14BrNO3/c15-14(16-5-7-19-8-6-16)9-12(17)10-3-1-2-4-11(10)13(14)18/h1-4,9,17H,5-8H2. The van der Waals surface area contributed by atoms with Crippen molar-refractivity contribution < 1.29 is 14.6 Å². The van der Waals surface area contributed by atoms with Crippen LogP contribution < -0.4 is 0 Å². The molecule has 1 aromatic rings. The number of benzene rings is 1. The van der Waals surface area contributed by atoms with E-state index in [0.29, 0.717) is 37.4 Å². The van der Waals surface area contributed by atoms with E-state index in [2.05, 4.69) is 15.9 Å². The number of nitrogens with zero attached hydrogens (tertiary/aromatic N) is 1. The highest BCUT2D eigenvalue weighted by Crippen LogP contribution is 2.38. The molecule has 1 aliphatic carbocycles. The number of aliphatic hydroxyl groups is 1. The number of morpholine rings is 1. The molecule has 0 saturated carbocycles. The SMILES string of the molecule is O=C1c2ccccc2C(O)=CC1(Br)N1CCOCC1. The Bertz CT molecular complexity index is 551. The Morgan fingerprint density at radius 3 is 2.53 bits per heavy atom. The van der Waals surface area contributed by atoms with Gasteiger partial charge in [-0.05, 0) is 6.08 Å². The van der Waals surface area contributed by atoms with Gasteiger partial charge in [-0.15, -0.1) is 0 Å². The van der Waals surface area contributed by atoms with Gasteiger partial charge in [0.1, 0.15) is 5.76 Å². The van der Waals surface area contributed by atoms with Crippen molar-refractivity contribution in [3.63, 3.8) is 0 Å². The maximum atomic E-state index is 12.7. The van der Waals surface area contributed by atoms with E-state index in [1.165, 1.54) is 0 Å². The molecule has 3 rings (SSSR count). The van der Waals surface area contributed by atoms with Crippen LogP contribution in [0.4, 0.5) is 0 Å². The Morgan fingerprint density at radius 1 is 1.21 bits per heavy atom. The van der Waals surface area contributed by atoms with Crippen molar-refractivity contribution in [3.05, 3.63) is 41.5 Å². The van der Waals surface area contributed by atoms with Crippen LogP contribution >= 0.6 is 15.9 Å². The molecule has 0 aromatic heterocycles. The lowest BCUT2D eigenvalue weighted by atomic mass is 9.90. The number of hydrogen-bond donors (Lipinski definition) is 1. The maximum absolute atomic E-state index is 12.7. The lowest BCUT2D eigenvalue weighted by Crippen LogP contribution is -2.54. The maximum Gasteiger partial charge on any atom is 0.198 e. The van der Waals surface area contributed by atoms with Crippen LogP contribution in [0.2, 0.25) is 0 Å². The van der Waals surface area contributed by atoms with Crippen LogP contribution in [0.5, 0.6) is 0 Å². The molecule has 1 aromatic carbocycles. The average Bonchev–Trinajstić information content (AvgIpc) is 2.46. The minimum absolute atomic E-state index is 0.0391. The molecule has 0 radical (unpaired) electrons. The van der Waals surface area contributed by atoms with Gasteiger partial charge in [0.25, 0.3) is 0 Å². The molecule has 5 heteroatoms. The fourth-order valence-corrected chi connectivity index (χ4v) is 3.33. The summed E-state index contributed by atoms with van der Waals surface area (Å²) in [4.78, 5) is 14.7. The molecule has 2 aliphatic rings. The number of carbonyl (C=O) groups is 1. The van der Waals surface area contributed by atoms with Crippen LogP contribution in [-0.4, -0.2) is 46.5 Å². The Morgan fingerprint density at radius 2 is 1.84 bits per heavy atom. The zero-order valence-electron chi connectivity index (χ0n) is 10.3. The van der Waals surface area contributed by atoms with Crippen molar-refractivity contribution in [2.24, 2.45) is 0 Å². The zero-order chi connectivity index (χ0) is 13.5. The lowest BCUT2D eigenvalue weighted by Gasteiger charge is -2.40. The molecule has 19 heavy (non-hydrogen) atoms. The minimum Gasteiger partial charge on any atom is -0.508 e. The second-order valence-corrected chi connectivity index (χ2v) is 5.89. The third-order valence-electron chi connectivity index (χ3n) is 3.57. The number of fused-ring (bicyclic) bond motifs is 1. The Labute approximate surface area is 119 Å². The van der Waals surface area contributed by atoms with E-state index in [9.17, 15) is 9.90 Å². The number of ketones is 1. The molecule has 1 unspecified atom stereocenters. The first kappa shape index (κ1) is 12.8. The first-order valence-electron chi connectivity index (χ1n) is 6.20. The summed E-state index contributed by atoms with van der Waals surface area (Å²) in [6, 6.07) is 7.12. The van der Waals surface area contributed by atoms with Gasteiger partial charge in [-0.1, -0.05) is 40.2 Å². The number of halogens is 1. The summed E-state index contributed by atoms with van der Waals surface area (Å²) in [6.07, 6.45) is 1.59. The van der Waals surface area contributed by atoms with Crippen LogP contribution in [0.15, 0.2) is 30.3 Å². The molecule has 1 fully saturated rings. The summed E-state index contributed by atoms with van der Waals surface area (Å²) in [5, 5.41) is 10.2. The first-order valence-corrected chi connectivity index (χ1v) is 7.00. The molecule has 100 valence electrons. The molecule has 0 bridgehead atoms. The van der Waals surface area contributed by atoms with Crippen molar-refractivity contribution in [2.75, 3.05) is 26.3 Å². The smallest absolute Gasteiger partial charge is 0.198 e. The normalized spacial score (nSPS) is 27.8. The average molecular weight is 324 g/mol. The van der Waals surface area contributed by atoms with E-state index >= 15 is 0 Å². The number of rotatable bonds is 1. The fourth-order valence-electron chi connectivity index (χ4n) is 2.54. The molecular formula is C14H14BrNO3. The minimum atomic E-state index is -0.963. The van der Waals surface area contributed by atoms with Crippen LogP contribution in [0.1, 0.15) is 15.9 Å². The van der Waals surface area contributed by atoms with Crippen molar-refractivity contribution in [2.45, 2.75) is 4.45 Å². The number of Topliss-reactive ketones (excluding diaryl/α,β-unsaturated/α-hetero) is 1. The Hall–Kier alpha value is -1.17. The van der Waals surface area contributed by atoms with Crippen LogP contribution in [0.3, 0.4) is 0 Å².